The Bertz CT molecular complexity index is 428. The van der Waals surface area contributed by atoms with Crippen molar-refractivity contribution in [3.63, 3.8) is 0 Å². The summed E-state index contributed by atoms with van der Waals surface area (Å²) in [7, 11) is 1.37. The number of alkyl halides is 2. The summed E-state index contributed by atoms with van der Waals surface area (Å²) in [5.41, 5.74) is 0.336. The Hall–Kier alpha value is -1.65. The summed E-state index contributed by atoms with van der Waals surface area (Å²) < 4.78 is 33.5. The van der Waals surface area contributed by atoms with Crippen LogP contribution in [0.5, 0.6) is 11.5 Å². The first-order chi connectivity index (χ1) is 8.11. The van der Waals surface area contributed by atoms with Crippen LogP contribution in [0, 0.1) is 0 Å². The standard InChI is InChI=1S/C12H12F2O3/c1-16-10-6-8(12(7-15)4-5-12)2-3-9(10)17-11(13)14/h2-3,6-7,11H,4-5H2,1H3. The molecule has 0 aliphatic heterocycles. The summed E-state index contributed by atoms with van der Waals surface area (Å²) in [6.07, 6.45) is 2.47. The minimum atomic E-state index is -2.89. The van der Waals surface area contributed by atoms with E-state index >= 15 is 0 Å². The van der Waals surface area contributed by atoms with Gasteiger partial charge in [0.25, 0.3) is 0 Å². The summed E-state index contributed by atoms with van der Waals surface area (Å²) >= 11 is 0. The number of rotatable bonds is 5. The lowest BCUT2D eigenvalue weighted by Gasteiger charge is -2.13. The zero-order valence-electron chi connectivity index (χ0n) is 9.28. The Morgan fingerprint density at radius 1 is 1.35 bits per heavy atom. The van der Waals surface area contributed by atoms with Gasteiger partial charge in [0, 0.05) is 0 Å². The molecule has 92 valence electrons. The lowest BCUT2D eigenvalue weighted by atomic mass is 9.97. The molecular formula is C12H12F2O3. The van der Waals surface area contributed by atoms with Crippen molar-refractivity contribution in [2.24, 2.45) is 0 Å². The predicted octanol–water partition coefficient (Wildman–Crippen LogP) is 2.53. The van der Waals surface area contributed by atoms with E-state index in [-0.39, 0.29) is 11.5 Å². The van der Waals surface area contributed by atoms with Gasteiger partial charge >= 0.3 is 6.61 Å². The van der Waals surface area contributed by atoms with Gasteiger partial charge in [0.1, 0.15) is 6.29 Å². The van der Waals surface area contributed by atoms with Crippen molar-refractivity contribution in [2.45, 2.75) is 24.9 Å². The lowest BCUT2D eigenvalue weighted by Crippen LogP contribution is -2.09. The molecule has 1 saturated carbocycles. The minimum absolute atomic E-state index is 0.0204. The molecule has 0 bridgehead atoms. The van der Waals surface area contributed by atoms with Gasteiger partial charge in [-0.1, -0.05) is 6.07 Å². The quantitative estimate of drug-likeness (QED) is 0.744. The van der Waals surface area contributed by atoms with Crippen LogP contribution < -0.4 is 9.47 Å². The largest absolute Gasteiger partial charge is 0.493 e. The molecule has 0 atom stereocenters. The van der Waals surface area contributed by atoms with Gasteiger partial charge in [-0.3, -0.25) is 0 Å². The van der Waals surface area contributed by atoms with Crippen LogP contribution in [0.25, 0.3) is 0 Å². The third-order valence-corrected chi connectivity index (χ3v) is 2.97. The minimum Gasteiger partial charge on any atom is -0.493 e. The van der Waals surface area contributed by atoms with Gasteiger partial charge < -0.3 is 14.3 Å². The molecule has 1 aliphatic carbocycles. The number of carbonyl (C=O) groups is 1. The molecule has 1 aliphatic rings. The fourth-order valence-electron chi connectivity index (χ4n) is 1.78. The van der Waals surface area contributed by atoms with Gasteiger partial charge in [0.15, 0.2) is 11.5 Å². The number of ether oxygens (including phenoxy) is 2. The van der Waals surface area contributed by atoms with Gasteiger partial charge in [-0.05, 0) is 30.5 Å². The SMILES string of the molecule is COc1cc(C2(C=O)CC2)ccc1OC(F)F. The summed E-state index contributed by atoms with van der Waals surface area (Å²) in [6, 6.07) is 4.62. The molecule has 0 radical (unpaired) electrons. The monoisotopic (exact) mass is 242 g/mol. The maximum atomic E-state index is 12.1. The van der Waals surface area contributed by atoms with E-state index in [9.17, 15) is 13.6 Å². The van der Waals surface area contributed by atoms with Crippen LogP contribution in [-0.4, -0.2) is 20.0 Å². The van der Waals surface area contributed by atoms with Crippen LogP contribution in [0.15, 0.2) is 18.2 Å². The fraction of sp³-hybridized carbons (Fsp3) is 0.417. The van der Waals surface area contributed by atoms with Crippen LogP contribution in [0.3, 0.4) is 0 Å². The van der Waals surface area contributed by atoms with E-state index in [4.69, 9.17) is 4.74 Å². The topological polar surface area (TPSA) is 35.5 Å². The fourth-order valence-corrected chi connectivity index (χ4v) is 1.78. The first-order valence-corrected chi connectivity index (χ1v) is 5.21. The lowest BCUT2D eigenvalue weighted by molar-refractivity contribution is -0.109. The average molecular weight is 242 g/mol. The van der Waals surface area contributed by atoms with E-state index < -0.39 is 12.0 Å². The van der Waals surface area contributed by atoms with Crippen LogP contribution >= 0.6 is 0 Å². The van der Waals surface area contributed by atoms with E-state index in [0.717, 1.165) is 24.7 Å². The molecule has 1 aromatic carbocycles. The number of benzene rings is 1. The van der Waals surface area contributed by atoms with E-state index in [1.807, 2.05) is 0 Å². The van der Waals surface area contributed by atoms with E-state index in [1.165, 1.54) is 13.2 Å². The van der Waals surface area contributed by atoms with Crippen LogP contribution in [0.2, 0.25) is 0 Å². The van der Waals surface area contributed by atoms with Crippen molar-refractivity contribution in [2.75, 3.05) is 7.11 Å². The van der Waals surface area contributed by atoms with Crippen molar-refractivity contribution in [3.8, 4) is 11.5 Å². The van der Waals surface area contributed by atoms with E-state index in [2.05, 4.69) is 4.74 Å². The van der Waals surface area contributed by atoms with E-state index in [0.29, 0.717) is 0 Å². The number of aldehydes is 1. The molecule has 0 spiro atoms. The number of hydrogen-bond donors (Lipinski definition) is 0. The third kappa shape index (κ3) is 2.23. The second-order valence-electron chi connectivity index (χ2n) is 4.02. The molecule has 1 fully saturated rings. The summed E-state index contributed by atoms with van der Waals surface area (Å²) in [6.45, 7) is -2.89. The Kier molecular flexibility index (Phi) is 3.00. The first-order valence-electron chi connectivity index (χ1n) is 5.21. The zero-order chi connectivity index (χ0) is 12.5. The maximum absolute atomic E-state index is 12.1. The van der Waals surface area contributed by atoms with Gasteiger partial charge in [-0.2, -0.15) is 8.78 Å². The van der Waals surface area contributed by atoms with E-state index in [1.54, 1.807) is 12.1 Å². The van der Waals surface area contributed by atoms with Crippen LogP contribution in [0.4, 0.5) is 8.78 Å². The van der Waals surface area contributed by atoms with Gasteiger partial charge in [-0.25, -0.2) is 0 Å². The van der Waals surface area contributed by atoms with Crippen molar-refractivity contribution < 1.29 is 23.0 Å². The first kappa shape index (κ1) is 11.8. The summed E-state index contributed by atoms with van der Waals surface area (Å²) in [5.74, 6) is 0.198. The molecule has 0 N–H and O–H groups in total. The zero-order valence-corrected chi connectivity index (χ0v) is 9.28. The predicted molar refractivity (Wildman–Crippen MR) is 56.6 cm³/mol. The van der Waals surface area contributed by atoms with Crippen LogP contribution in [-0.2, 0) is 10.2 Å². The molecule has 1 aromatic rings. The molecule has 0 heterocycles. The smallest absolute Gasteiger partial charge is 0.387 e. The Balaban J connectivity index is 2.31. The molecular weight excluding hydrogens is 230 g/mol. The Morgan fingerprint density at radius 2 is 2.06 bits per heavy atom. The second-order valence-corrected chi connectivity index (χ2v) is 4.02. The molecule has 5 heteroatoms. The van der Waals surface area contributed by atoms with Crippen LogP contribution in [0.1, 0.15) is 18.4 Å². The highest BCUT2D eigenvalue weighted by molar-refractivity contribution is 5.73. The molecule has 17 heavy (non-hydrogen) atoms. The van der Waals surface area contributed by atoms with Crippen molar-refractivity contribution in [1.29, 1.82) is 0 Å². The average Bonchev–Trinajstić information content (AvgIpc) is 3.09. The normalized spacial score (nSPS) is 16.7. The highest BCUT2D eigenvalue weighted by Gasteiger charge is 2.44. The molecule has 3 nitrogen and oxygen atoms in total. The molecule has 0 unspecified atom stereocenters. The second kappa shape index (κ2) is 4.31. The highest BCUT2D eigenvalue weighted by atomic mass is 19.3. The maximum Gasteiger partial charge on any atom is 0.387 e. The summed E-state index contributed by atoms with van der Waals surface area (Å²) in [5, 5.41) is 0. The third-order valence-electron chi connectivity index (χ3n) is 2.97. The molecule has 0 aromatic heterocycles. The molecule has 2 rings (SSSR count). The Labute approximate surface area is 97.3 Å². The summed E-state index contributed by atoms with van der Waals surface area (Å²) in [4.78, 5) is 11.0. The van der Waals surface area contributed by atoms with Crippen molar-refractivity contribution in [3.05, 3.63) is 23.8 Å². The molecule has 0 saturated heterocycles. The van der Waals surface area contributed by atoms with Gasteiger partial charge in [0.2, 0.25) is 0 Å². The molecule has 0 amide bonds. The number of carbonyl (C=O) groups excluding carboxylic acids is 1. The Morgan fingerprint density at radius 3 is 2.53 bits per heavy atom. The number of hydrogen-bond acceptors (Lipinski definition) is 3. The van der Waals surface area contributed by atoms with Gasteiger partial charge in [0.05, 0.1) is 12.5 Å². The number of methoxy groups -OCH3 is 1. The number of halogens is 2. The van der Waals surface area contributed by atoms with Crippen molar-refractivity contribution >= 4 is 6.29 Å². The van der Waals surface area contributed by atoms with Gasteiger partial charge in [-0.15, -0.1) is 0 Å². The van der Waals surface area contributed by atoms with Crippen molar-refractivity contribution in [1.82, 2.24) is 0 Å². The highest BCUT2D eigenvalue weighted by Crippen LogP contribution is 2.48.